The van der Waals surface area contributed by atoms with Gasteiger partial charge in [0.2, 0.25) is 0 Å². The maximum Gasteiger partial charge on any atom is 0.257 e. The summed E-state index contributed by atoms with van der Waals surface area (Å²) in [4.78, 5) is 14.5. The highest BCUT2D eigenvalue weighted by molar-refractivity contribution is 6.30. The van der Waals surface area contributed by atoms with Crippen molar-refractivity contribution in [3.05, 3.63) is 64.8 Å². The summed E-state index contributed by atoms with van der Waals surface area (Å²) in [6.45, 7) is 0.563. The minimum absolute atomic E-state index is 0.0279. The van der Waals surface area contributed by atoms with Crippen molar-refractivity contribution in [3.63, 3.8) is 0 Å². The van der Waals surface area contributed by atoms with Crippen molar-refractivity contribution in [1.82, 2.24) is 19.5 Å². The Morgan fingerprint density at radius 3 is 2.96 bits per heavy atom. The zero-order chi connectivity index (χ0) is 16.7. The summed E-state index contributed by atoms with van der Waals surface area (Å²) < 4.78 is 16.0. The first-order valence-corrected chi connectivity index (χ1v) is 8.08. The Hall–Kier alpha value is -2.47. The first kappa shape index (κ1) is 15.1. The molecule has 4 rings (SSSR count). The molecule has 1 amide bonds. The van der Waals surface area contributed by atoms with Gasteiger partial charge in [-0.2, -0.15) is 0 Å². The molecule has 5 nitrogen and oxygen atoms in total. The van der Waals surface area contributed by atoms with Gasteiger partial charge in [0.15, 0.2) is 11.5 Å². The minimum Gasteiger partial charge on any atom is -0.328 e. The Bertz CT molecular complexity index is 926. The average molecular weight is 345 g/mol. The van der Waals surface area contributed by atoms with Crippen LogP contribution in [-0.2, 0) is 0 Å². The van der Waals surface area contributed by atoms with Crippen molar-refractivity contribution in [2.75, 3.05) is 6.54 Å². The number of amides is 1. The van der Waals surface area contributed by atoms with E-state index in [0.717, 1.165) is 24.6 Å². The van der Waals surface area contributed by atoms with E-state index in [2.05, 4.69) is 10.2 Å². The van der Waals surface area contributed by atoms with Gasteiger partial charge in [-0.15, -0.1) is 10.2 Å². The van der Waals surface area contributed by atoms with Crippen LogP contribution in [0.15, 0.2) is 42.6 Å². The normalized spacial score (nSPS) is 17.6. The summed E-state index contributed by atoms with van der Waals surface area (Å²) in [5.41, 5.74) is 0.754. The SMILES string of the molecule is O=C(c1ccc(Cl)cc1F)N1CCCC1c1nnc2ccccn12. The second-order valence-electron chi connectivity index (χ2n) is 5.77. The van der Waals surface area contributed by atoms with Crippen LogP contribution in [0.5, 0.6) is 0 Å². The van der Waals surface area contributed by atoms with E-state index >= 15 is 0 Å². The van der Waals surface area contributed by atoms with Gasteiger partial charge in [0.05, 0.1) is 11.6 Å². The summed E-state index contributed by atoms with van der Waals surface area (Å²) in [6.07, 6.45) is 3.48. The molecule has 1 aliphatic heterocycles. The molecule has 1 aromatic carbocycles. The van der Waals surface area contributed by atoms with Gasteiger partial charge in [-0.3, -0.25) is 9.20 Å². The van der Waals surface area contributed by atoms with Gasteiger partial charge in [-0.1, -0.05) is 17.7 Å². The van der Waals surface area contributed by atoms with Gasteiger partial charge in [0, 0.05) is 17.8 Å². The number of hydrogen-bond acceptors (Lipinski definition) is 3. The summed E-state index contributed by atoms with van der Waals surface area (Å²) in [5.74, 6) is -0.255. The van der Waals surface area contributed by atoms with E-state index in [-0.39, 0.29) is 22.5 Å². The van der Waals surface area contributed by atoms with Crippen LogP contribution in [0.2, 0.25) is 5.02 Å². The maximum atomic E-state index is 14.1. The number of benzene rings is 1. The molecule has 122 valence electrons. The molecule has 2 aromatic heterocycles. The molecule has 1 unspecified atom stereocenters. The number of hydrogen-bond donors (Lipinski definition) is 0. The molecule has 0 bridgehead atoms. The molecule has 0 N–H and O–H groups in total. The summed E-state index contributed by atoms with van der Waals surface area (Å²) in [7, 11) is 0. The molecule has 1 saturated heterocycles. The Kier molecular flexibility index (Phi) is 3.69. The van der Waals surface area contributed by atoms with Crippen LogP contribution in [0, 0.1) is 5.82 Å². The van der Waals surface area contributed by atoms with Crippen LogP contribution in [0.25, 0.3) is 5.65 Å². The second kappa shape index (κ2) is 5.87. The molecular formula is C17H14ClFN4O. The Balaban J connectivity index is 1.71. The molecule has 0 spiro atoms. The van der Waals surface area contributed by atoms with E-state index in [9.17, 15) is 9.18 Å². The first-order chi connectivity index (χ1) is 11.6. The second-order valence-corrected chi connectivity index (χ2v) is 6.20. The molecule has 7 heteroatoms. The molecule has 3 heterocycles. The first-order valence-electron chi connectivity index (χ1n) is 7.71. The fourth-order valence-electron chi connectivity index (χ4n) is 3.18. The van der Waals surface area contributed by atoms with Crippen LogP contribution in [0.4, 0.5) is 4.39 Å². The average Bonchev–Trinajstić information content (AvgIpc) is 3.20. The molecular weight excluding hydrogens is 331 g/mol. The smallest absolute Gasteiger partial charge is 0.257 e. The summed E-state index contributed by atoms with van der Waals surface area (Å²) in [6, 6.07) is 9.52. The van der Waals surface area contributed by atoms with Gasteiger partial charge >= 0.3 is 0 Å². The number of carbonyl (C=O) groups excluding carboxylic acids is 1. The zero-order valence-electron chi connectivity index (χ0n) is 12.7. The van der Waals surface area contributed by atoms with Gasteiger partial charge in [-0.05, 0) is 43.2 Å². The van der Waals surface area contributed by atoms with Crippen LogP contribution < -0.4 is 0 Å². The zero-order valence-corrected chi connectivity index (χ0v) is 13.4. The number of carbonyl (C=O) groups is 1. The summed E-state index contributed by atoms with van der Waals surface area (Å²) >= 11 is 5.77. The van der Waals surface area contributed by atoms with Crippen LogP contribution in [0.1, 0.15) is 35.1 Å². The fourth-order valence-corrected chi connectivity index (χ4v) is 3.34. The minimum atomic E-state index is -0.607. The lowest BCUT2D eigenvalue weighted by atomic mass is 10.1. The molecule has 0 radical (unpaired) electrons. The van der Waals surface area contributed by atoms with E-state index in [4.69, 9.17) is 11.6 Å². The molecule has 24 heavy (non-hydrogen) atoms. The van der Waals surface area contributed by atoms with Crippen molar-refractivity contribution in [1.29, 1.82) is 0 Å². The van der Waals surface area contributed by atoms with Crippen molar-refractivity contribution >= 4 is 23.2 Å². The van der Waals surface area contributed by atoms with E-state index in [0.29, 0.717) is 12.4 Å². The van der Waals surface area contributed by atoms with Gasteiger partial charge in [0.1, 0.15) is 5.82 Å². The third kappa shape index (κ3) is 2.43. The standard InChI is InChI=1S/C17H14ClFN4O/c18-11-6-7-12(13(19)10-11)17(24)22-9-3-4-14(22)16-21-20-15-5-1-2-8-23(15)16/h1-2,5-8,10,14H,3-4,9H2. The number of halogens is 2. The highest BCUT2D eigenvalue weighted by Crippen LogP contribution is 2.33. The quantitative estimate of drug-likeness (QED) is 0.715. The van der Waals surface area contributed by atoms with E-state index < -0.39 is 5.82 Å². The van der Waals surface area contributed by atoms with Crippen LogP contribution >= 0.6 is 11.6 Å². The Morgan fingerprint density at radius 1 is 1.25 bits per heavy atom. The monoisotopic (exact) mass is 344 g/mol. The lowest BCUT2D eigenvalue weighted by Gasteiger charge is -2.23. The number of likely N-dealkylation sites (tertiary alicyclic amines) is 1. The Labute approximate surface area is 142 Å². The van der Waals surface area contributed by atoms with E-state index in [1.807, 2.05) is 28.8 Å². The molecule has 1 atom stereocenters. The number of fused-ring (bicyclic) bond motifs is 1. The molecule has 3 aromatic rings. The van der Waals surface area contributed by atoms with E-state index in [1.54, 1.807) is 4.90 Å². The molecule has 0 saturated carbocycles. The maximum absolute atomic E-state index is 14.1. The van der Waals surface area contributed by atoms with Crippen molar-refractivity contribution in [2.45, 2.75) is 18.9 Å². The third-order valence-corrected chi connectivity index (χ3v) is 4.55. The lowest BCUT2D eigenvalue weighted by Crippen LogP contribution is -2.32. The molecule has 1 fully saturated rings. The third-order valence-electron chi connectivity index (χ3n) is 4.31. The van der Waals surface area contributed by atoms with Gasteiger partial charge in [-0.25, -0.2) is 4.39 Å². The fraction of sp³-hybridized carbons (Fsp3) is 0.235. The predicted molar refractivity (Wildman–Crippen MR) is 87.4 cm³/mol. The van der Waals surface area contributed by atoms with Crippen LogP contribution in [0.3, 0.4) is 0 Å². The largest absolute Gasteiger partial charge is 0.328 e. The topological polar surface area (TPSA) is 50.5 Å². The molecule has 0 aliphatic carbocycles. The number of aromatic nitrogens is 3. The van der Waals surface area contributed by atoms with Gasteiger partial charge < -0.3 is 4.90 Å². The highest BCUT2D eigenvalue weighted by Gasteiger charge is 2.34. The van der Waals surface area contributed by atoms with Crippen molar-refractivity contribution in [2.24, 2.45) is 0 Å². The van der Waals surface area contributed by atoms with Gasteiger partial charge in [0.25, 0.3) is 5.91 Å². The van der Waals surface area contributed by atoms with E-state index in [1.165, 1.54) is 12.1 Å². The van der Waals surface area contributed by atoms with Crippen molar-refractivity contribution in [3.8, 4) is 0 Å². The number of rotatable bonds is 2. The number of pyridine rings is 1. The molecule has 1 aliphatic rings. The van der Waals surface area contributed by atoms with Crippen molar-refractivity contribution < 1.29 is 9.18 Å². The highest BCUT2D eigenvalue weighted by atomic mass is 35.5. The predicted octanol–water partition coefficient (Wildman–Crippen LogP) is 3.50. The summed E-state index contributed by atoms with van der Waals surface area (Å²) in [5, 5.41) is 8.66. The Morgan fingerprint density at radius 2 is 2.12 bits per heavy atom. The van der Waals surface area contributed by atoms with Crippen LogP contribution in [-0.4, -0.2) is 31.9 Å². The lowest BCUT2D eigenvalue weighted by molar-refractivity contribution is 0.0724. The number of nitrogens with zero attached hydrogens (tertiary/aromatic N) is 4.